The average molecular weight is 380 g/mol. The van der Waals surface area contributed by atoms with Crippen molar-refractivity contribution >= 4 is 39.3 Å². The number of esters is 1. The third-order valence-electron chi connectivity index (χ3n) is 3.11. The summed E-state index contributed by atoms with van der Waals surface area (Å²) < 4.78 is 27.5. The molecule has 0 bridgehead atoms. The summed E-state index contributed by atoms with van der Waals surface area (Å²) in [6, 6.07) is 12.2. The van der Waals surface area contributed by atoms with Crippen LogP contribution in [0.1, 0.15) is 10.4 Å². The summed E-state index contributed by atoms with van der Waals surface area (Å²) in [4.78, 5) is 24.6. The number of hydrogen-bond donors (Lipinski definition) is 2. The molecule has 25 heavy (non-hydrogen) atoms. The van der Waals surface area contributed by atoms with Gasteiger partial charge in [-0.1, -0.05) is 6.07 Å². The molecule has 2 aromatic rings. The maximum atomic E-state index is 11.9. The van der Waals surface area contributed by atoms with Gasteiger partial charge in [-0.25, -0.2) is 18.4 Å². The monoisotopic (exact) mass is 380 g/mol. The molecule has 2 aromatic carbocycles. The van der Waals surface area contributed by atoms with Crippen molar-refractivity contribution in [3.63, 3.8) is 0 Å². The first-order chi connectivity index (χ1) is 11.8. The van der Waals surface area contributed by atoms with Crippen molar-refractivity contribution < 1.29 is 22.7 Å². The van der Waals surface area contributed by atoms with Crippen LogP contribution in [0, 0.1) is 0 Å². The normalized spacial score (nSPS) is 11.0. The highest BCUT2D eigenvalue weighted by atomic mass is 32.2. The third kappa shape index (κ3) is 5.59. The molecule has 2 rings (SSSR count). The molecule has 0 aliphatic rings. The molecule has 1 amide bonds. The van der Waals surface area contributed by atoms with E-state index >= 15 is 0 Å². The van der Waals surface area contributed by atoms with Crippen molar-refractivity contribution in [3.8, 4) is 0 Å². The fourth-order valence-electron chi connectivity index (χ4n) is 1.89. The molecule has 0 aliphatic carbocycles. The Morgan fingerprint density at radius 1 is 1.16 bits per heavy atom. The van der Waals surface area contributed by atoms with Crippen LogP contribution in [0.4, 0.5) is 5.69 Å². The molecule has 0 saturated heterocycles. The summed E-state index contributed by atoms with van der Waals surface area (Å²) in [6.45, 7) is -0.497. The van der Waals surface area contributed by atoms with Crippen LogP contribution in [0.25, 0.3) is 0 Å². The van der Waals surface area contributed by atoms with E-state index in [-0.39, 0.29) is 10.6 Å². The van der Waals surface area contributed by atoms with Crippen molar-refractivity contribution in [2.75, 3.05) is 18.2 Å². The quantitative estimate of drug-likeness (QED) is 0.584. The van der Waals surface area contributed by atoms with Gasteiger partial charge in [-0.2, -0.15) is 0 Å². The molecule has 0 spiro atoms. The van der Waals surface area contributed by atoms with Gasteiger partial charge in [0.05, 0.1) is 10.5 Å². The molecule has 7 nitrogen and oxygen atoms in total. The van der Waals surface area contributed by atoms with E-state index in [1.165, 1.54) is 24.3 Å². The Labute approximate surface area is 149 Å². The van der Waals surface area contributed by atoms with E-state index in [9.17, 15) is 18.0 Å². The average Bonchev–Trinajstić information content (AvgIpc) is 2.59. The third-order valence-corrected chi connectivity index (χ3v) is 4.76. The molecule has 0 atom stereocenters. The summed E-state index contributed by atoms with van der Waals surface area (Å²) in [5.74, 6) is -1.22. The van der Waals surface area contributed by atoms with Crippen molar-refractivity contribution in [2.45, 2.75) is 9.79 Å². The van der Waals surface area contributed by atoms with E-state index in [1.54, 1.807) is 36.0 Å². The number of rotatable bonds is 6. The molecule has 3 N–H and O–H groups in total. The van der Waals surface area contributed by atoms with Crippen LogP contribution in [0.15, 0.2) is 58.3 Å². The number of amides is 1. The van der Waals surface area contributed by atoms with Gasteiger partial charge in [0.2, 0.25) is 10.0 Å². The van der Waals surface area contributed by atoms with Gasteiger partial charge in [0.1, 0.15) is 0 Å². The number of primary sulfonamides is 1. The molecule has 0 aromatic heterocycles. The minimum absolute atomic E-state index is 0.129. The summed E-state index contributed by atoms with van der Waals surface area (Å²) in [5, 5.41) is 7.47. The Morgan fingerprint density at radius 3 is 2.44 bits per heavy atom. The van der Waals surface area contributed by atoms with Gasteiger partial charge in [-0.05, 0) is 48.7 Å². The molecule has 0 unspecified atom stereocenters. The topological polar surface area (TPSA) is 116 Å². The fourth-order valence-corrected chi connectivity index (χ4v) is 2.86. The van der Waals surface area contributed by atoms with E-state index in [0.29, 0.717) is 5.56 Å². The van der Waals surface area contributed by atoms with Crippen LogP contribution in [0.2, 0.25) is 0 Å². The maximum Gasteiger partial charge on any atom is 0.338 e. The molecule has 132 valence electrons. The molecular formula is C16H16N2O5S2. The van der Waals surface area contributed by atoms with Crippen molar-refractivity contribution in [3.05, 3.63) is 54.1 Å². The largest absolute Gasteiger partial charge is 0.452 e. The van der Waals surface area contributed by atoms with Gasteiger partial charge < -0.3 is 10.1 Å². The first-order valence-electron chi connectivity index (χ1n) is 7.03. The lowest BCUT2D eigenvalue weighted by molar-refractivity contribution is -0.119. The lowest BCUT2D eigenvalue weighted by Gasteiger charge is -2.08. The highest BCUT2D eigenvalue weighted by Crippen LogP contribution is 2.16. The van der Waals surface area contributed by atoms with Gasteiger partial charge in [-0.3, -0.25) is 4.79 Å². The molecule has 0 fully saturated rings. The second kappa shape index (κ2) is 8.15. The first-order valence-corrected chi connectivity index (χ1v) is 9.80. The highest BCUT2D eigenvalue weighted by molar-refractivity contribution is 7.98. The summed E-state index contributed by atoms with van der Waals surface area (Å²) in [7, 11) is -3.87. The lowest BCUT2D eigenvalue weighted by atomic mass is 10.2. The number of benzene rings is 2. The second-order valence-corrected chi connectivity index (χ2v) is 7.37. The number of nitrogens with one attached hydrogen (secondary N) is 1. The fraction of sp³-hybridized carbons (Fsp3) is 0.125. The summed E-state index contributed by atoms with van der Waals surface area (Å²) >= 11 is 1.54. The van der Waals surface area contributed by atoms with Crippen molar-refractivity contribution in [2.24, 2.45) is 5.14 Å². The number of ether oxygens (including phenoxy) is 1. The summed E-state index contributed by atoms with van der Waals surface area (Å²) in [6.07, 6.45) is 1.92. The standard InChI is InChI=1S/C16H16N2O5S2/c1-24-13-7-5-11(6-8-13)16(20)23-10-15(19)18-12-3-2-4-14(9-12)25(17,21)22/h2-9H,10H2,1H3,(H,18,19)(H2,17,21,22). The Bertz CT molecular complexity index is 880. The van der Waals surface area contributed by atoms with E-state index in [2.05, 4.69) is 5.32 Å². The number of hydrogen-bond acceptors (Lipinski definition) is 6. The van der Waals surface area contributed by atoms with E-state index in [0.717, 1.165) is 4.90 Å². The SMILES string of the molecule is CSc1ccc(C(=O)OCC(=O)Nc2cccc(S(N)(=O)=O)c2)cc1. The van der Waals surface area contributed by atoms with Gasteiger partial charge in [0.15, 0.2) is 6.61 Å². The molecule has 0 heterocycles. The molecule has 0 radical (unpaired) electrons. The summed E-state index contributed by atoms with van der Waals surface area (Å²) in [5.41, 5.74) is 0.568. The Balaban J connectivity index is 1.93. The predicted octanol–water partition coefficient (Wildman–Crippen LogP) is 1.85. The minimum atomic E-state index is -3.87. The highest BCUT2D eigenvalue weighted by Gasteiger charge is 2.12. The number of carbonyl (C=O) groups excluding carboxylic acids is 2. The minimum Gasteiger partial charge on any atom is -0.452 e. The second-order valence-electron chi connectivity index (χ2n) is 4.93. The van der Waals surface area contributed by atoms with Gasteiger partial charge >= 0.3 is 5.97 Å². The zero-order chi connectivity index (χ0) is 18.4. The maximum absolute atomic E-state index is 11.9. The van der Waals surface area contributed by atoms with Gasteiger partial charge in [0.25, 0.3) is 5.91 Å². The molecule has 0 saturated carbocycles. The number of carbonyl (C=O) groups is 2. The molecular weight excluding hydrogens is 364 g/mol. The van der Waals surface area contributed by atoms with Crippen LogP contribution < -0.4 is 10.5 Å². The molecule has 9 heteroatoms. The number of thioether (sulfide) groups is 1. The van der Waals surface area contributed by atoms with E-state index in [4.69, 9.17) is 9.88 Å². The van der Waals surface area contributed by atoms with Crippen LogP contribution >= 0.6 is 11.8 Å². The number of anilines is 1. The van der Waals surface area contributed by atoms with Crippen LogP contribution in [-0.2, 0) is 19.6 Å². The smallest absolute Gasteiger partial charge is 0.338 e. The van der Waals surface area contributed by atoms with Gasteiger partial charge in [0, 0.05) is 10.6 Å². The van der Waals surface area contributed by atoms with E-state index < -0.39 is 28.5 Å². The first kappa shape index (κ1) is 19.0. The molecule has 0 aliphatic heterocycles. The van der Waals surface area contributed by atoms with Crippen LogP contribution in [0.5, 0.6) is 0 Å². The van der Waals surface area contributed by atoms with Crippen LogP contribution in [-0.4, -0.2) is 33.2 Å². The zero-order valence-electron chi connectivity index (χ0n) is 13.3. The van der Waals surface area contributed by atoms with E-state index in [1.807, 2.05) is 6.26 Å². The Morgan fingerprint density at radius 2 is 1.84 bits per heavy atom. The van der Waals surface area contributed by atoms with Gasteiger partial charge in [-0.15, -0.1) is 11.8 Å². The number of nitrogens with two attached hydrogens (primary N) is 1. The van der Waals surface area contributed by atoms with Crippen molar-refractivity contribution in [1.29, 1.82) is 0 Å². The number of sulfonamides is 1. The zero-order valence-corrected chi connectivity index (χ0v) is 14.9. The Hall–Kier alpha value is -2.36. The predicted molar refractivity (Wildman–Crippen MR) is 95.0 cm³/mol. The van der Waals surface area contributed by atoms with Crippen LogP contribution in [0.3, 0.4) is 0 Å². The Kier molecular flexibility index (Phi) is 6.18. The van der Waals surface area contributed by atoms with Crippen molar-refractivity contribution in [1.82, 2.24) is 0 Å². The lowest BCUT2D eigenvalue weighted by Crippen LogP contribution is -2.21.